The van der Waals surface area contributed by atoms with Crippen molar-refractivity contribution in [3.63, 3.8) is 0 Å². The van der Waals surface area contributed by atoms with Crippen molar-refractivity contribution in [2.24, 2.45) is 0 Å². The molecule has 1 aliphatic rings. The quantitative estimate of drug-likeness (QED) is 0.920. The van der Waals surface area contributed by atoms with Crippen LogP contribution in [0.1, 0.15) is 33.5 Å². The van der Waals surface area contributed by atoms with Gasteiger partial charge in [0.1, 0.15) is 11.8 Å². The molecular formula is C13H14N2O2S. The van der Waals surface area contributed by atoms with Crippen molar-refractivity contribution >= 4 is 11.3 Å². The molecular weight excluding hydrogens is 248 g/mol. The maximum atomic E-state index is 10.4. The van der Waals surface area contributed by atoms with E-state index in [1.54, 1.807) is 23.7 Å². The Labute approximate surface area is 109 Å². The Kier molecular flexibility index (Phi) is 3.01. The van der Waals surface area contributed by atoms with Crippen molar-refractivity contribution < 1.29 is 9.84 Å². The van der Waals surface area contributed by atoms with Crippen LogP contribution in [0.3, 0.4) is 0 Å². The number of hydrogen-bond acceptors (Lipinski definition) is 5. The van der Waals surface area contributed by atoms with Crippen LogP contribution in [-0.4, -0.2) is 22.2 Å². The fourth-order valence-corrected chi connectivity index (χ4v) is 3.55. The molecule has 5 heteroatoms. The third-order valence-corrected chi connectivity index (χ3v) is 4.47. The smallest absolute Gasteiger partial charge is 0.238 e. The normalized spacial score (nSPS) is 15.4. The van der Waals surface area contributed by atoms with E-state index in [1.165, 1.54) is 24.0 Å². The number of nitrogens with zero attached hydrogens (tertiary/aromatic N) is 2. The van der Waals surface area contributed by atoms with E-state index >= 15 is 0 Å². The summed E-state index contributed by atoms with van der Waals surface area (Å²) in [5, 5.41) is 10.4. The third-order valence-electron chi connectivity index (χ3n) is 3.18. The van der Waals surface area contributed by atoms with Gasteiger partial charge in [0.2, 0.25) is 5.88 Å². The topological polar surface area (TPSA) is 55.2 Å². The number of aryl methyl sites for hydroxylation is 2. The highest BCUT2D eigenvalue weighted by Gasteiger charge is 2.23. The van der Waals surface area contributed by atoms with Gasteiger partial charge in [0.25, 0.3) is 0 Å². The monoisotopic (exact) mass is 262 g/mol. The van der Waals surface area contributed by atoms with Crippen molar-refractivity contribution in [3.05, 3.63) is 39.5 Å². The van der Waals surface area contributed by atoms with E-state index in [0.717, 1.165) is 17.7 Å². The van der Waals surface area contributed by atoms with E-state index < -0.39 is 6.10 Å². The van der Waals surface area contributed by atoms with Gasteiger partial charge in [-0.2, -0.15) is 0 Å². The highest BCUT2D eigenvalue weighted by molar-refractivity contribution is 7.12. The molecule has 0 aliphatic heterocycles. The van der Waals surface area contributed by atoms with Crippen LogP contribution in [0.4, 0.5) is 0 Å². The van der Waals surface area contributed by atoms with Crippen LogP contribution in [0, 0.1) is 0 Å². The molecule has 2 aromatic heterocycles. The number of ether oxygens (including phenoxy) is 1. The van der Waals surface area contributed by atoms with E-state index in [0.29, 0.717) is 11.6 Å². The molecule has 0 radical (unpaired) electrons. The second-order valence-electron chi connectivity index (χ2n) is 4.30. The van der Waals surface area contributed by atoms with Crippen molar-refractivity contribution in [3.8, 4) is 5.88 Å². The van der Waals surface area contributed by atoms with Crippen LogP contribution in [0.5, 0.6) is 5.88 Å². The van der Waals surface area contributed by atoms with Gasteiger partial charge in [-0.3, -0.25) is 4.98 Å². The summed E-state index contributed by atoms with van der Waals surface area (Å²) in [6, 6.07) is 2.09. The minimum absolute atomic E-state index is 0.388. The zero-order chi connectivity index (χ0) is 12.5. The zero-order valence-corrected chi connectivity index (χ0v) is 10.9. The summed E-state index contributed by atoms with van der Waals surface area (Å²) in [7, 11) is 1.54. The number of aliphatic hydroxyl groups excluding tert-OH is 1. The molecule has 1 unspecified atom stereocenters. The molecule has 0 saturated carbocycles. The number of hydrogen-bond donors (Lipinski definition) is 1. The molecule has 3 rings (SSSR count). The Balaban J connectivity index is 1.95. The average Bonchev–Trinajstić information content (AvgIpc) is 2.98. The molecule has 94 valence electrons. The average molecular weight is 262 g/mol. The van der Waals surface area contributed by atoms with Gasteiger partial charge < -0.3 is 9.84 Å². The first-order valence-electron chi connectivity index (χ1n) is 5.94. The predicted molar refractivity (Wildman–Crippen MR) is 69.0 cm³/mol. The third kappa shape index (κ3) is 1.89. The summed E-state index contributed by atoms with van der Waals surface area (Å²) in [5.41, 5.74) is 1.86. The van der Waals surface area contributed by atoms with Gasteiger partial charge >= 0.3 is 0 Å². The summed E-state index contributed by atoms with van der Waals surface area (Å²) in [5.74, 6) is 0.388. The van der Waals surface area contributed by atoms with Crippen LogP contribution < -0.4 is 4.74 Å². The summed E-state index contributed by atoms with van der Waals surface area (Å²) >= 11 is 1.67. The summed E-state index contributed by atoms with van der Waals surface area (Å²) in [6.07, 6.45) is 5.86. The van der Waals surface area contributed by atoms with Crippen molar-refractivity contribution in [1.82, 2.24) is 9.97 Å². The second kappa shape index (κ2) is 4.66. The first-order chi connectivity index (χ1) is 8.79. The first-order valence-corrected chi connectivity index (χ1v) is 6.75. The molecule has 1 aliphatic carbocycles. The van der Waals surface area contributed by atoms with Crippen LogP contribution >= 0.6 is 11.3 Å². The molecule has 2 heterocycles. The number of rotatable bonds is 3. The SMILES string of the molecule is COc1nccnc1C(O)c1cc2c(s1)CCC2. The Hall–Kier alpha value is -1.46. The van der Waals surface area contributed by atoms with Gasteiger partial charge in [0.15, 0.2) is 0 Å². The lowest BCUT2D eigenvalue weighted by Gasteiger charge is -2.10. The number of aromatic nitrogens is 2. The van der Waals surface area contributed by atoms with Gasteiger partial charge in [0, 0.05) is 22.1 Å². The minimum atomic E-state index is -0.746. The molecule has 2 aromatic rings. The lowest BCUT2D eigenvalue weighted by molar-refractivity contribution is 0.211. The Morgan fingerprint density at radius 1 is 1.33 bits per heavy atom. The molecule has 18 heavy (non-hydrogen) atoms. The molecule has 1 atom stereocenters. The van der Waals surface area contributed by atoms with Crippen molar-refractivity contribution in [1.29, 1.82) is 0 Å². The molecule has 0 aromatic carbocycles. The van der Waals surface area contributed by atoms with E-state index in [9.17, 15) is 5.11 Å². The standard InChI is InChI=1S/C13H14N2O2S/c1-17-13-11(14-5-6-15-13)12(16)10-7-8-3-2-4-9(8)18-10/h5-7,12,16H,2-4H2,1H3. The summed E-state index contributed by atoms with van der Waals surface area (Å²) < 4.78 is 5.14. The highest BCUT2D eigenvalue weighted by atomic mass is 32.1. The summed E-state index contributed by atoms with van der Waals surface area (Å²) in [6.45, 7) is 0. The van der Waals surface area contributed by atoms with E-state index in [4.69, 9.17) is 4.74 Å². The fourth-order valence-electron chi connectivity index (χ4n) is 2.30. The van der Waals surface area contributed by atoms with E-state index in [-0.39, 0.29) is 0 Å². The van der Waals surface area contributed by atoms with Gasteiger partial charge in [-0.05, 0) is 30.9 Å². The van der Waals surface area contributed by atoms with Crippen LogP contribution in [0.25, 0.3) is 0 Å². The maximum absolute atomic E-state index is 10.4. The summed E-state index contributed by atoms with van der Waals surface area (Å²) in [4.78, 5) is 10.6. The Morgan fingerprint density at radius 2 is 2.17 bits per heavy atom. The van der Waals surface area contributed by atoms with Gasteiger partial charge in [-0.25, -0.2) is 4.98 Å². The number of thiophene rings is 1. The molecule has 0 spiro atoms. The molecule has 4 nitrogen and oxygen atoms in total. The predicted octanol–water partition coefficient (Wildman–Crippen LogP) is 2.12. The number of aliphatic hydroxyl groups is 1. The second-order valence-corrected chi connectivity index (χ2v) is 5.47. The van der Waals surface area contributed by atoms with Gasteiger partial charge in [-0.1, -0.05) is 0 Å². The molecule has 0 saturated heterocycles. The van der Waals surface area contributed by atoms with Gasteiger partial charge in [-0.15, -0.1) is 11.3 Å². The lowest BCUT2D eigenvalue weighted by atomic mass is 10.2. The highest BCUT2D eigenvalue weighted by Crippen LogP contribution is 2.36. The van der Waals surface area contributed by atoms with Crippen molar-refractivity contribution in [2.75, 3.05) is 7.11 Å². The molecule has 0 fully saturated rings. The van der Waals surface area contributed by atoms with Crippen LogP contribution in [0.2, 0.25) is 0 Å². The maximum Gasteiger partial charge on any atom is 0.238 e. The van der Waals surface area contributed by atoms with Crippen LogP contribution in [-0.2, 0) is 12.8 Å². The number of methoxy groups -OCH3 is 1. The van der Waals surface area contributed by atoms with E-state index in [2.05, 4.69) is 16.0 Å². The molecule has 0 amide bonds. The largest absolute Gasteiger partial charge is 0.480 e. The fraction of sp³-hybridized carbons (Fsp3) is 0.385. The number of fused-ring (bicyclic) bond motifs is 1. The molecule has 0 bridgehead atoms. The van der Waals surface area contributed by atoms with Crippen molar-refractivity contribution in [2.45, 2.75) is 25.4 Å². The van der Waals surface area contributed by atoms with Gasteiger partial charge in [0.05, 0.1) is 7.11 Å². The zero-order valence-electron chi connectivity index (χ0n) is 10.1. The Bertz CT molecular complexity index is 546. The molecule has 1 N–H and O–H groups in total. The first kappa shape index (κ1) is 11.6. The minimum Gasteiger partial charge on any atom is -0.480 e. The van der Waals surface area contributed by atoms with Crippen LogP contribution in [0.15, 0.2) is 18.5 Å². The lowest BCUT2D eigenvalue weighted by Crippen LogP contribution is -2.04. The van der Waals surface area contributed by atoms with E-state index in [1.807, 2.05) is 0 Å². The Morgan fingerprint density at radius 3 is 2.94 bits per heavy atom.